The summed E-state index contributed by atoms with van der Waals surface area (Å²) in [5.41, 5.74) is 1.91. The first kappa shape index (κ1) is 16.6. The molecule has 0 aliphatic carbocycles. The standard InChI is InChI=1S/C18H19N5O2/c1-12-10-21-15(11-20-12)18(24)22-16(17-19-8-9-23(17)2)13-4-6-14(25-3)7-5-13/h4-11,16H,1-3H3,(H,22,24)/t16-/m0/s1. The number of rotatable bonds is 5. The Morgan fingerprint density at radius 2 is 1.92 bits per heavy atom. The molecule has 1 amide bonds. The number of nitrogens with one attached hydrogen (secondary N) is 1. The van der Waals surface area contributed by atoms with Crippen molar-refractivity contribution in [2.75, 3.05) is 7.11 Å². The number of carbonyl (C=O) groups excluding carboxylic acids is 1. The number of ether oxygens (including phenoxy) is 1. The second-order valence-electron chi connectivity index (χ2n) is 5.62. The van der Waals surface area contributed by atoms with Crippen LogP contribution in [0, 0.1) is 6.92 Å². The van der Waals surface area contributed by atoms with Crippen molar-refractivity contribution in [1.29, 1.82) is 0 Å². The van der Waals surface area contributed by atoms with Crippen LogP contribution in [0.15, 0.2) is 49.1 Å². The predicted octanol–water partition coefficient (Wildman–Crippen LogP) is 2.05. The summed E-state index contributed by atoms with van der Waals surface area (Å²) in [6.07, 6.45) is 6.57. The summed E-state index contributed by atoms with van der Waals surface area (Å²) in [7, 11) is 3.50. The summed E-state index contributed by atoms with van der Waals surface area (Å²) in [4.78, 5) is 25.2. The lowest BCUT2D eigenvalue weighted by atomic mass is 10.1. The maximum Gasteiger partial charge on any atom is 0.272 e. The van der Waals surface area contributed by atoms with Crippen molar-refractivity contribution >= 4 is 5.91 Å². The first-order chi connectivity index (χ1) is 12.1. The summed E-state index contributed by atoms with van der Waals surface area (Å²) in [5, 5.41) is 2.98. The molecule has 1 atom stereocenters. The van der Waals surface area contributed by atoms with Gasteiger partial charge in [0, 0.05) is 25.6 Å². The molecule has 1 N–H and O–H groups in total. The number of carbonyl (C=O) groups is 1. The van der Waals surface area contributed by atoms with Crippen LogP contribution < -0.4 is 10.1 Å². The van der Waals surface area contributed by atoms with E-state index in [2.05, 4.69) is 20.3 Å². The maximum atomic E-state index is 12.6. The van der Waals surface area contributed by atoms with Crippen LogP contribution in [0.5, 0.6) is 5.75 Å². The molecule has 0 unspecified atom stereocenters. The highest BCUT2D eigenvalue weighted by Gasteiger charge is 2.22. The molecule has 0 fully saturated rings. The van der Waals surface area contributed by atoms with E-state index in [-0.39, 0.29) is 11.6 Å². The Labute approximate surface area is 145 Å². The average Bonchev–Trinajstić information content (AvgIpc) is 3.06. The minimum atomic E-state index is -0.415. The van der Waals surface area contributed by atoms with E-state index < -0.39 is 6.04 Å². The van der Waals surface area contributed by atoms with Gasteiger partial charge in [0.15, 0.2) is 0 Å². The molecule has 2 aromatic heterocycles. The van der Waals surface area contributed by atoms with Crippen molar-refractivity contribution < 1.29 is 9.53 Å². The van der Waals surface area contributed by atoms with E-state index in [1.807, 2.05) is 49.0 Å². The molecule has 0 saturated carbocycles. The summed E-state index contributed by atoms with van der Waals surface area (Å²) in [5.74, 6) is 1.16. The number of imidazole rings is 1. The van der Waals surface area contributed by atoms with Crippen molar-refractivity contribution in [3.05, 3.63) is 71.8 Å². The lowest BCUT2D eigenvalue weighted by Crippen LogP contribution is -2.31. The van der Waals surface area contributed by atoms with Gasteiger partial charge in [-0.25, -0.2) is 9.97 Å². The number of aryl methyl sites for hydroxylation is 2. The number of hydrogen-bond acceptors (Lipinski definition) is 5. The predicted molar refractivity (Wildman–Crippen MR) is 92.3 cm³/mol. The van der Waals surface area contributed by atoms with Gasteiger partial charge in [-0.1, -0.05) is 12.1 Å². The Hall–Kier alpha value is -3.22. The number of nitrogens with zero attached hydrogens (tertiary/aromatic N) is 4. The van der Waals surface area contributed by atoms with Crippen LogP contribution in [0.2, 0.25) is 0 Å². The largest absolute Gasteiger partial charge is 0.497 e. The lowest BCUT2D eigenvalue weighted by Gasteiger charge is -2.19. The summed E-state index contributed by atoms with van der Waals surface area (Å²) < 4.78 is 7.07. The van der Waals surface area contributed by atoms with Crippen molar-refractivity contribution in [1.82, 2.24) is 24.8 Å². The molecule has 7 nitrogen and oxygen atoms in total. The van der Waals surface area contributed by atoms with Gasteiger partial charge >= 0.3 is 0 Å². The van der Waals surface area contributed by atoms with Crippen LogP contribution in [0.25, 0.3) is 0 Å². The molecule has 0 aliphatic heterocycles. The van der Waals surface area contributed by atoms with E-state index in [4.69, 9.17) is 4.74 Å². The minimum Gasteiger partial charge on any atom is -0.497 e. The van der Waals surface area contributed by atoms with Gasteiger partial charge in [-0.3, -0.25) is 9.78 Å². The highest BCUT2D eigenvalue weighted by Crippen LogP contribution is 2.23. The zero-order valence-corrected chi connectivity index (χ0v) is 14.3. The van der Waals surface area contributed by atoms with E-state index in [0.29, 0.717) is 0 Å². The van der Waals surface area contributed by atoms with Gasteiger partial charge < -0.3 is 14.6 Å². The molecule has 128 valence electrons. The van der Waals surface area contributed by atoms with E-state index in [9.17, 15) is 4.79 Å². The summed E-state index contributed by atoms with van der Waals surface area (Å²) >= 11 is 0. The van der Waals surface area contributed by atoms with Crippen molar-refractivity contribution in [2.45, 2.75) is 13.0 Å². The second-order valence-corrected chi connectivity index (χ2v) is 5.62. The van der Waals surface area contributed by atoms with Crippen LogP contribution in [0.4, 0.5) is 0 Å². The zero-order chi connectivity index (χ0) is 17.8. The van der Waals surface area contributed by atoms with Crippen LogP contribution in [-0.2, 0) is 7.05 Å². The minimum absolute atomic E-state index is 0.262. The third kappa shape index (κ3) is 3.65. The smallest absolute Gasteiger partial charge is 0.272 e. The van der Waals surface area contributed by atoms with Gasteiger partial charge in [0.05, 0.1) is 19.0 Å². The number of amides is 1. The van der Waals surface area contributed by atoms with E-state index in [1.165, 1.54) is 6.20 Å². The Balaban J connectivity index is 1.92. The van der Waals surface area contributed by atoms with Crippen LogP contribution in [0.3, 0.4) is 0 Å². The molecule has 0 bridgehead atoms. The Morgan fingerprint density at radius 1 is 1.16 bits per heavy atom. The highest BCUT2D eigenvalue weighted by molar-refractivity contribution is 5.92. The van der Waals surface area contributed by atoms with Crippen molar-refractivity contribution in [2.24, 2.45) is 7.05 Å². The van der Waals surface area contributed by atoms with Crippen LogP contribution in [0.1, 0.15) is 33.6 Å². The van der Waals surface area contributed by atoms with Crippen LogP contribution >= 0.6 is 0 Å². The molecular weight excluding hydrogens is 318 g/mol. The Kier molecular flexibility index (Phi) is 4.74. The topological polar surface area (TPSA) is 81.9 Å². The molecule has 3 rings (SSSR count). The molecule has 2 heterocycles. The fourth-order valence-corrected chi connectivity index (χ4v) is 2.46. The zero-order valence-electron chi connectivity index (χ0n) is 14.3. The number of benzene rings is 1. The number of hydrogen-bond donors (Lipinski definition) is 1. The molecular formula is C18H19N5O2. The lowest BCUT2D eigenvalue weighted by molar-refractivity contribution is 0.0935. The number of aromatic nitrogens is 4. The van der Waals surface area contributed by atoms with Crippen molar-refractivity contribution in [3.63, 3.8) is 0 Å². The second kappa shape index (κ2) is 7.12. The third-order valence-corrected chi connectivity index (χ3v) is 3.85. The molecule has 0 radical (unpaired) electrons. The quantitative estimate of drug-likeness (QED) is 0.770. The average molecular weight is 337 g/mol. The Bertz CT molecular complexity index is 856. The van der Waals surface area contributed by atoms with E-state index in [0.717, 1.165) is 22.8 Å². The summed E-state index contributed by atoms with van der Waals surface area (Å²) in [6, 6.07) is 7.09. The van der Waals surface area contributed by atoms with Crippen LogP contribution in [-0.4, -0.2) is 32.5 Å². The molecule has 0 saturated heterocycles. The van der Waals surface area contributed by atoms with Gasteiger partial charge in [-0.2, -0.15) is 0 Å². The van der Waals surface area contributed by atoms with E-state index >= 15 is 0 Å². The van der Waals surface area contributed by atoms with Gasteiger partial charge in [0.2, 0.25) is 0 Å². The third-order valence-electron chi connectivity index (χ3n) is 3.85. The molecule has 3 aromatic rings. The van der Waals surface area contributed by atoms with Gasteiger partial charge in [0.25, 0.3) is 5.91 Å². The maximum absolute atomic E-state index is 12.6. The van der Waals surface area contributed by atoms with Gasteiger partial charge in [0.1, 0.15) is 23.3 Å². The molecule has 0 spiro atoms. The number of methoxy groups -OCH3 is 1. The fourth-order valence-electron chi connectivity index (χ4n) is 2.46. The Morgan fingerprint density at radius 3 is 2.48 bits per heavy atom. The van der Waals surface area contributed by atoms with E-state index in [1.54, 1.807) is 19.5 Å². The highest BCUT2D eigenvalue weighted by atomic mass is 16.5. The normalized spacial score (nSPS) is 11.8. The summed E-state index contributed by atoms with van der Waals surface area (Å²) in [6.45, 7) is 1.82. The molecule has 0 aliphatic rings. The van der Waals surface area contributed by atoms with Crippen molar-refractivity contribution in [3.8, 4) is 5.75 Å². The first-order valence-electron chi connectivity index (χ1n) is 7.79. The van der Waals surface area contributed by atoms with Gasteiger partial charge in [-0.05, 0) is 24.6 Å². The monoisotopic (exact) mass is 337 g/mol. The fraction of sp³-hybridized carbons (Fsp3) is 0.222. The SMILES string of the molecule is COc1ccc([C@H](NC(=O)c2cnc(C)cn2)c2nccn2C)cc1. The first-order valence-corrected chi connectivity index (χ1v) is 7.79. The molecule has 1 aromatic carbocycles. The molecule has 7 heteroatoms. The molecule has 25 heavy (non-hydrogen) atoms. The van der Waals surface area contributed by atoms with Gasteiger partial charge in [-0.15, -0.1) is 0 Å².